The van der Waals surface area contributed by atoms with Gasteiger partial charge >= 0.3 is 0 Å². The zero-order valence-corrected chi connectivity index (χ0v) is 20.1. The minimum Gasteiger partial charge on any atom is -0.357 e. The SMILES string of the molecule is CC.CCCCN1CCC2C(C1)c1cccc3c1N2CC(=O)N3.Cc1ccc(Cl)cc1. The lowest BCUT2D eigenvalue weighted by Crippen LogP contribution is -2.49. The Kier molecular flexibility index (Phi) is 8.39. The molecule has 4 nitrogen and oxygen atoms in total. The number of amides is 1. The molecule has 1 amide bonds. The number of likely N-dealkylation sites (tertiary alicyclic amines) is 1. The number of benzene rings is 2. The van der Waals surface area contributed by atoms with Crippen LogP contribution in [0.2, 0.25) is 5.02 Å². The van der Waals surface area contributed by atoms with Crippen molar-refractivity contribution in [2.24, 2.45) is 0 Å². The lowest BCUT2D eigenvalue weighted by atomic mass is 9.89. The van der Waals surface area contributed by atoms with E-state index in [2.05, 4.69) is 34.2 Å². The van der Waals surface area contributed by atoms with E-state index in [9.17, 15) is 4.79 Å². The fourth-order valence-electron chi connectivity index (χ4n) is 4.79. The van der Waals surface area contributed by atoms with Gasteiger partial charge in [0.1, 0.15) is 0 Å². The fourth-order valence-corrected chi connectivity index (χ4v) is 4.92. The monoisotopic (exact) mass is 441 g/mol. The van der Waals surface area contributed by atoms with Crippen molar-refractivity contribution >= 4 is 28.9 Å². The van der Waals surface area contributed by atoms with Gasteiger partial charge in [0.2, 0.25) is 5.91 Å². The van der Waals surface area contributed by atoms with Gasteiger partial charge in [-0.15, -0.1) is 0 Å². The number of carbonyl (C=O) groups excluding carboxylic acids is 1. The molecular formula is C26H36ClN3O. The molecule has 1 fully saturated rings. The second kappa shape index (κ2) is 11.0. The van der Waals surface area contributed by atoms with Gasteiger partial charge in [0.25, 0.3) is 0 Å². The zero-order chi connectivity index (χ0) is 22.4. The van der Waals surface area contributed by atoms with Crippen molar-refractivity contribution in [1.82, 2.24) is 4.90 Å². The van der Waals surface area contributed by atoms with E-state index in [1.165, 1.54) is 49.2 Å². The maximum Gasteiger partial charge on any atom is 0.243 e. The Morgan fingerprint density at radius 1 is 1.13 bits per heavy atom. The summed E-state index contributed by atoms with van der Waals surface area (Å²) in [5, 5.41) is 3.83. The molecular weight excluding hydrogens is 406 g/mol. The van der Waals surface area contributed by atoms with Gasteiger partial charge in [-0.1, -0.05) is 68.6 Å². The number of piperidine rings is 1. The Balaban J connectivity index is 0.000000230. The third-order valence-corrected chi connectivity index (χ3v) is 6.49. The van der Waals surface area contributed by atoms with Crippen LogP contribution in [0.3, 0.4) is 0 Å². The van der Waals surface area contributed by atoms with Crippen LogP contribution in [0.25, 0.3) is 0 Å². The summed E-state index contributed by atoms with van der Waals surface area (Å²) >= 11 is 5.61. The molecule has 2 atom stereocenters. The molecule has 3 heterocycles. The Labute approximate surface area is 192 Å². The van der Waals surface area contributed by atoms with Crippen molar-refractivity contribution in [3.05, 3.63) is 58.6 Å². The van der Waals surface area contributed by atoms with Crippen LogP contribution in [0.15, 0.2) is 42.5 Å². The maximum absolute atomic E-state index is 11.9. The molecule has 3 aliphatic heterocycles. The van der Waals surface area contributed by atoms with Gasteiger partial charge in [0.15, 0.2) is 0 Å². The summed E-state index contributed by atoms with van der Waals surface area (Å²) in [6.45, 7) is 12.3. The number of carbonyl (C=O) groups is 1. The van der Waals surface area contributed by atoms with Gasteiger partial charge in [-0.25, -0.2) is 0 Å². The van der Waals surface area contributed by atoms with Crippen LogP contribution in [0.1, 0.15) is 57.1 Å². The summed E-state index contributed by atoms with van der Waals surface area (Å²) in [5.41, 5.74) is 5.00. The van der Waals surface area contributed by atoms with Crippen LogP contribution in [-0.2, 0) is 4.79 Å². The average Bonchev–Trinajstić information content (AvgIpc) is 3.10. The number of halogens is 1. The number of nitrogens with zero attached hydrogens (tertiary/aromatic N) is 2. The minimum atomic E-state index is 0.133. The smallest absolute Gasteiger partial charge is 0.243 e. The molecule has 0 saturated carbocycles. The normalized spacial score (nSPS) is 21.1. The lowest BCUT2D eigenvalue weighted by Gasteiger charge is -2.39. The van der Waals surface area contributed by atoms with Gasteiger partial charge in [-0.2, -0.15) is 0 Å². The molecule has 1 N–H and O–H groups in total. The summed E-state index contributed by atoms with van der Waals surface area (Å²) in [6.07, 6.45) is 3.72. The van der Waals surface area contributed by atoms with Crippen molar-refractivity contribution in [2.45, 2.75) is 58.9 Å². The van der Waals surface area contributed by atoms with Crippen molar-refractivity contribution < 1.29 is 4.79 Å². The van der Waals surface area contributed by atoms with E-state index >= 15 is 0 Å². The van der Waals surface area contributed by atoms with Crippen molar-refractivity contribution in [3.8, 4) is 0 Å². The van der Waals surface area contributed by atoms with Gasteiger partial charge in [-0.05, 0) is 50.1 Å². The van der Waals surface area contributed by atoms with Crippen molar-refractivity contribution in [3.63, 3.8) is 0 Å². The quantitative estimate of drug-likeness (QED) is 0.625. The van der Waals surface area contributed by atoms with Crippen LogP contribution >= 0.6 is 11.6 Å². The second-order valence-corrected chi connectivity index (χ2v) is 8.77. The second-order valence-electron chi connectivity index (χ2n) is 8.33. The van der Waals surface area contributed by atoms with Crippen LogP contribution in [0, 0.1) is 6.92 Å². The Hall–Kier alpha value is -2.04. The average molecular weight is 442 g/mol. The van der Waals surface area contributed by atoms with Crippen LogP contribution < -0.4 is 10.2 Å². The first kappa shape index (κ1) is 23.6. The van der Waals surface area contributed by atoms with E-state index in [1.807, 2.05) is 51.1 Å². The standard InChI is InChI=1S/C17H23N3O.C7H7Cl.C2H6/c1-2-3-8-19-9-7-15-13(10-19)12-5-4-6-14-17(12)20(15)11-16(21)18-14;1-6-2-4-7(8)5-3-6;1-2/h4-6,13,15H,2-3,7-11H2,1H3,(H,18,21);2-5H,1H3;1-2H3. The molecule has 3 aliphatic rings. The molecule has 0 spiro atoms. The van der Waals surface area contributed by atoms with Crippen LogP contribution in [0.4, 0.5) is 11.4 Å². The molecule has 0 aromatic heterocycles. The molecule has 0 bridgehead atoms. The number of hydrogen-bond acceptors (Lipinski definition) is 3. The number of nitrogens with one attached hydrogen (secondary N) is 1. The Bertz CT molecular complexity index is 846. The molecule has 0 radical (unpaired) electrons. The first-order chi connectivity index (χ1) is 15.1. The maximum atomic E-state index is 11.9. The molecule has 2 aromatic carbocycles. The van der Waals surface area contributed by atoms with Gasteiger partial charge in [-0.3, -0.25) is 4.79 Å². The summed E-state index contributed by atoms with van der Waals surface area (Å²) in [7, 11) is 0. The molecule has 2 unspecified atom stereocenters. The molecule has 168 valence electrons. The molecule has 5 heteroatoms. The predicted molar refractivity (Wildman–Crippen MR) is 132 cm³/mol. The molecule has 1 saturated heterocycles. The Morgan fingerprint density at radius 3 is 2.55 bits per heavy atom. The number of hydrogen-bond donors (Lipinski definition) is 1. The third-order valence-electron chi connectivity index (χ3n) is 6.24. The van der Waals surface area contributed by atoms with E-state index < -0.39 is 0 Å². The summed E-state index contributed by atoms with van der Waals surface area (Å²) in [5.74, 6) is 0.701. The molecule has 0 aliphatic carbocycles. The largest absolute Gasteiger partial charge is 0.357 e. The van der Waals surface area contributed by atoms with E-state index in [1.54, 1.807) is 0 Å². The zero-order valence-electron chi connectivity index (χ0n) is 19.3. The number of rotatable bonds is 3. The van der Waals surface area contributed by atoms with E-state index in [0.717, 1.165) is 17.3 Å². The van der Waals surface area contributed by atoms with E-state index in [4.69, 9.17) is 11.6 Å². The topological polar surface area (TPSA) is 35.6 Å². The summed E-state index contributed by atoms with van der Waals surface area (Å²) in [4.78, 5) is 16.9. The van der Waals surface area contributed by atoms with E-state index in [-0.39, 0.29) is 5.91 Å². The number of aryl methyl sites for hydroxylation is 1. The lowest BCUT2D eigenvalue weighted by molar-refractivity contribution is -0.115. The predicted octanol–water partition coefficient (Wildman–Crippen LogP) is 6.09. The molecule has 31 heavy (non-hydrogen) atoms. The van der Waals surface area contributed by atoms with Crippen molar-refractivity contribution in [2.75, 3.05) is 36.4 Å². The van der Waals surface area contributed by atoms with Gasteiger partial charge in [0.05, 0.1) is 17.9 Å². The number of unbranched alkanes of at least 4 members (excludes halogenated alkanes) is 1. The Morgan fingerprint density at radius 2 is 1.87 bits per heavy atom. The third kappa shape index (κ3) is 5.42. The highest BCUT2D eigenvalue weighted by Gasteiger charge is 2.44. The number of anilines is 2. The summed E-state index contributed by atoms with van der Waals surface area (Å²) < 4.78 is 0. The van der Waals surface area contributed by atoms with Gasteiger partial charge in [0, 0.05) is 30.1 Å². The number of fused-ring (bicyclic) bond motifs is 3. The fraction of sp³-hybridized carbons (Fsp3) is 0.500. The highest BCUT2D eigenvalue weighted by molar-refractivity contribution is 6.30. The first-order valence-electron chi connectivity index (χ1n) is 11.7. The summed E-state index contributed by atoms with van der Waals surface area (Å²) in [6, 6.07) is 14.7. The van der Waals surface area contributed by atoms with Crippen molar-refractivity contribution in [1.29, 1.82) is 0 Å². The highest BCUT2D eigenvalue weighted by atomic mass is 35.5. The highest BCUT2D eigenvalue weighted by Crippen LogP contribution is 2.49. The van der Waals surface area contributed by atoms with Gasteiger partial charge < -0.3 is 15.1 Å². The first-order valence-corrected chi connectivity index (χ1v) is 12.1. The number of para-hydroxylation sites is 1. The van der Waals surface area contributed by atoms with Crippen LogP contribution in [0.5, 0.6) is 0 Å². The minimum absolute atomic E-state index is 0.133. The van der Waals surface area contributed by atoms with Crippen LogP contribution in [-0.4, -0.2) is 43.0 Å². The molecule has 2 aromatic rings. The molecule has 5 rings (SSSR count). The van der Waals surface area contributed by atoms with E-state index in [0.29, 0.717) is 18.5 Å².